The van der Waals surface area contributed by atoms with Crippen LogP contribution in [0.5, 0.6) is 0 Å². The molecule has 0 atom stereocenters. The normalized spacial score (nSPS) is 11.3. The summed E-state index contributed by atoms with van der Waals surface area (Å²) < 4.78 is 1.94. The average Bonchev–Trinajstić information content (AvgIpc) is 3.06. The third kappa shape index (κ3) is 1.33. The van der Waals surface area contributed by atoms with E-state index in [9.17, 15) is 0 Å². The minimum Gasteiger partial charge on any atom is -0.235 e. The highest BCUT2D eigenvalue weighted by Crippen LogP contribution is 2.33. The van der Waals surface area contributed by atoms with Crippen LogP contribution in [0, 0.1) is 0 Å². The molecule has 0 aliphatic rings. The summed E-state index contributed by atoms with van der Waals surface area (Å²) in [7, 11) is 0. The van der Waals surface area contributed by atoms with Crippen LogP contribution < -0.4 is 0 Å². The van der Waals surface area contributed by atoms with Gasteiger partial charge in [0.2, 0.25) is 0 Å². The SMILES string of the molecule is c1nc(-c2cnnc3ncsc23)c2scnc2n1. The molecule has 4 rings (SSSR count). The monoisotopic (exact) mass is 272 g/mol. The molecular formula is C10H4N6S2. The zero-order chi connectivity index (χ0) is 11.9. The van der Waals surface area contributed by atoms with Gasteiger partial charge >= 0.3 is 0 Å². The fraction of sp³-hybridized carbons (Fsp3) is 0. The number of hydrogen-bond acceptors (Lipinski definition) is 8. The summed E-state index contributed by atoms with van der Waals surface area (Å²) >= 11 is 3.05. The average molecular weight is 272 g/mol. The zero-order valence-electron chi connectivity index (χ0n) is 8.81. The summed E-state index contributed by atoms with van der Waals surface area (Å²) in [5, 5.41) is 7.96. The highest BCUT2D eigenvalue weighted by molar-refractivity contribution is 7.18. The molecular weight excluding hydrogens is 268 g/mol. The van der Waals surface area contributed by atoms with Crippen molar-refractivity contribution in [3.8, 4) is 11.3 Å². The van der Waals surface area contributed by atoms with E-state index in [1.807, 2.05) is 0 Å². The number of fused-ring (bicyclic) bond motifs is 2. The first kappa shape index (κ1) is 9.92. The molecule has 4 heterocycles. The smallest absolute Gasteiger partial charge is 0.193 e. The van der Waals surface area contributed by atoms with Crippen molar-refractivity contribution in [3.05, 3.63) is 23.5 Å². The van der Waals surface area contributed by atoms with Crippen LogP contribution in [0.25, 0.3) is 32.0 Å². The molecule has 0 unspecified atom stereocenters. The molecule has 8 heteroatoms. The molecule has 0 radical (unpaired) electrons. The highest BCUT2D eigenvalue weighted by atomic mass is 32.1. The van der Waals surface area contributed by atoms with E-state index in [0.717, 1.165) is 20.7 Å². The van der Waals surface area contributed by atoms with Gasteiger partial charge in [0.05, 0.1) is 32.3 Å². The molecule has 18 heavy (non-hydrogen) atoms. The van der Waals surface area contributed by atoms with Gasteiger partial charge in [-0.15, -0.1) is 27.8 Å². The Hall–Kier alpha value is -2.06. The van der Waals surface area contributed by atoms with Gasteiger partial charge in [-0.05, 0) is 0 Å². The maximum atomic E-state index is 4.35. The summed E-state index contributed by atoms with van der Waals surface area (Å²) in [4.78, 5) is 16.8. The first-order chi connectivity index (χ1) is 8.93. The first-order valence-electron chi connectivity index (χ1n) is 5.03. The third-order valence-electron chi connectivity index (χ3n) is 2.52. The standard InChI is InChI=1S/C10H4N6S2/c1-5(7-10(16-15-1)14-4-17-7)6-8-9(12-2-11-6)13-3-18-8/h1-4H. The van der Waals surface area contributed by atoms with Gasteiger partial charge in [0.1, 0.15) is 6.33 Å². The maximum Gasteiger partial charge on any atom is 0.193 e. The largest absolute Gasteiger partial charge is 0.235 e. The summed E-state index contributed by atoms with van der Waals surface area (Å²) in [5.74, 6) is 0. The second-order valence-electron chi connectivity index (χ2n) is 3.49. The van der Waals surface area contributed by atoms with Gasteiger partial charge in [0.15, 0.2) is 11.3 Å². The highest BCUT2D eigenvalue weighted by Gasteiger charge is 2.13. The molecule has 4 aromatic rings. The Morgan fingerprint density at radius 2 is 1.67 bits per heavy atom. The fourth-order valence-electron chi connectivity index (χ4n) is 1.75. The van der Waals surface area contributed by atoms with Crippen LogP contribution in [0.3, 0.4) is 0 Å². The molecule has 6 nitrogen and oxygen atoms in total. The minimum absolute atomic E-state index is 0.647. The van der Waals surface area contributed by atoms with Crippen molar-refractivity contribution in [2.24, 2.45) is 0 Å². The van der Waals surface area contributed by atoms with Crippen molar-refractivity contribution in [2.75, 3.05) is 0 Å². The van der Waals surface area contributed by atoms with Gasteiger partial charge < -0.3 is 0 Å². The van der Waals surface area contributed by atoms with Crippen molar-refractivity contribution < 1.29 is 0 Å². The summed E-state index contributed by atoms with van der Waals surface area (Å²) in [6.45, 7) is 0. The van der Waals surface area contributed by atoms with Crippen molar-refractivity contribution >= 4 is 43.4 Å². The molecule has 0 aliphatic carbocycles. The zero-order valence-corrected chi connectivity index (χ0v) is 10.4. The number of aromatic nitrogens is 6. The Morgan fingerprint density at radius 1 is 0.833 bits per heavy atom. The van der Waals surface area contributed by atoms with E-state index in [4.69, 9.17) is 0 Å². The number of rotatable bonds is 1. The second kappa shape index (κ2) is 3.72. The van der Waals surface area contributed by atoms with Gasteiger partial charge in [-0.3, -0.25) is 0 Å². The van der Waals surface area contributed by atoms with Gasteiger partial charge in [0, 0.05) is 5.56 Å². The lowest BCUT2D eigenvalue weighted by molar-refractivity contribution is 1.06. The topological polar surface area (TPSA) is 77.3 Å². The molecule has 86 valence electrons. The van der Waals surface area contributed by atoms with E-state index in [1.54, 1.807) is 17.2 Å². The molecule has 0 amide bonds. The van der Waals surface area contributed by atoms with E-state index in [-0.39, 0.29) is 0 Å². The molecule has 0 fully saturated rings. The van der Waals surface area contributed by atoms with E-state index >= 15 is 0 Å². The molecule has 0 bridgehead atoms. The Balaban J connectivity index is 2.13. The predicted octanol–water partition coefficient (Wildman–Crippen LogP) is 2.15. The molecule has 4 aromatic heterocycles. The molecule has 0 aromatic carbocycles. The quantitative estimate of drug-likeness (QED) is 0.528. The van der Waals surface area contributed by atoms with E-state index in [2.05, 4.69) is 30.1 Å². The Morgan fingerprint density at radius 3 is 2.61 bits per heavy atom. The second-order valence-corrected chi connectivity index (χ2v) is 5.20. The summed E-state index contributed by atoms with van der Waals surface area (Å²) in [5.41, 5.74) is 6.65. The lowest BCUT2D eigenvalue weighted by atomic mass is 10.2. The van der Waals surface area contributed by atoms with E-state index in [1.165, 1.54) is 29.0 Å². The van der Waals surface area contributed by atoms with Crippen LogP contribution in [0.1, 0.15) is 0 Å². The van der Waals surface area contributed by atoms with Crippen LogP contribution >= 0.6 is 22.7 Å². The molecule has 0 saturated heterocycles. The van der Waals surface area contributed by atoms with Crippen LogP contribution in [0.2, 0.25) is 0 Å². The summed E-state index contributed by atoms with van der Waals surface area (Å²) in [6.07, 6.45) is 3.23. The van der Waals surface area contributed by atoms with Crippen LogP contribution in [-0.4, -0.2) is 30.1 Å². The maximum absolute atomic E-state index is 4.35. The number of nitrogens with zero attached hydrogens (tertiary/aromatic N) is 6. The van der Waals surface area contributed by atoms with E-state index < -0.39 is 0 Å². The minimum atomic E-state index is 0.647. The van der Waals surface area contributed by atoms with E-state index in [0.29, 0.717) is 11.3 Å². The predicted molar refractivity (Wildman–Crippen MR) is 69.4 cm³/mol. The molecule has 0 saturated carbocycles. The van der Waals surface area contributed by atoms with Gasteiger partial charge in [0.25, 0.3) is 0 Å². The van der Waals surface area contributed by atoms with Crippen molar-refractivity contribution in [1.82, 2.24) is 30.1 Å². The lowest BCUT2D eigenvalue weighted by Crippen LogP contribution is -1.90. The third-order valence-corrected chi connectivity index (χ3v) is 4.19. The van der Waals surface area contributed by atoms with Gasteiger partial charge in [-0.25, -0.2) is 19.9 Å². The Kier molecular flexibility index (Phi) is 2.05. The van der Waals surface area contributed by atoms with Crippen LogP contribution in [-0.2, 0) is 0 Å². The molecule has 0 spiro atoms. The first-order valence-corrected chi connectivity index (χ1v) is 6.79. The van der Waals surface area contributed by atoms with Crippen molar-refractivity contribution in [3.63, 3.8) is 0 Å². The van der Waals surface area contributed by atoms with Crippen molar-refractivity contribution in [2.45, 2.75) is 0 Å². The number of thiazole rings is 2. The van der Waals surface area contributed by atoms with Crippen molar-refractivity contribution in [1.29, 1.82) is 0 Å². The van der Waals surface area contributed by atoms with Crippen LogP contribution in [0.4, 0.5) is 0 Å². The molecule has 0 aliphatic heterocycles. The Labute approximate surface area is 108 Å². The lowest BCUT2D eigenvalue weighted by Gasteiger charge is -2.00. The Bertz CT molecular complexity index is 779. The fourth-order valence-corrected chi connectivity index (χ4v) is 3.23. The number of hydrogen-bond donors (Lipinski definition) is 0. The summed E-state index contributed by atoms with van der Waals surface area (Å²) in [6, 6.07) is 0. The van der Waals surface area contributed by atoms with Crippen LogP contribution in [0.15, 0.2) is 23.5 Å². The molecule has 0 N–H and O–H groups in total. The van der Waals surface area contributed by atoms with Gasteiger partial charge in [-0.1, -0.05) is 0 Å². The van der Waals surface area contributed by atoms with Gasteiger partial charge in [-0.2, -0.15) is 5.10 Å².